The van der Waals surface area contributed by atoms with Crippen LogP contribution in [0.1, 0.15) is 53.9 Å². The molecule has 4 rings (SSSR count). The average molecular weight is 322 g/mol. The van der Waals surface area contributed by atoms with E-state index in [1.807, 2.05) is 10.4 Å². The molecule has 1 amide bonds. The molecule has 5 nitrogen and oxygen atoms in total. The molecule has 1 aromatic heterocycles. The number of ether oxygens (including phenoxy) is 2. The standard InChI is InChI=1S/C16H22N2O3S/c1-2-12-7-18(8-16(21-12)5-6-20-9-16)15(19)14-13(11-3-4-11)17-10-22-14/h10-12H,2-9H2,1H3/t12-,16+/m1/s1. The number of hydrogen-bond acceptors (Lipinski definition) is 5. The molecule has 3 fully saturated rings. The summed E-state index contributed by atoms with van der Waals surface area (Å²) in [5.74, 6) is 0.648. The van der Waals surface area contributed by atoms with E-state index >= 15 is 0 Å². The first-order valence-electron chi connectivity index (χ1n) is 8.19. The van der Waals surface area contributed by atoms with Crippen molar-refractivity contribution in [1.82, 2.24) is 9.88 Å². The van der Waals surface area contributed by atoms with Gasteiger partial charge in [0.25, 0.3) is 5.91 Å². The zero-order chi connectivity index (χ0) is 15.2. The smallest absolute Gasteiger partial charge is 0.266 e. The molecular formula is C16H22N2O3S. The van der Waals surface area contributed by atoms with E-state index < -0.39 is 0 Å². The first kappa shape index (κ1) is 14.6. The maximum absolute atomic E-state index is 13.0. The minimum absolute atomic E-state index is 0.108. The summed E-state index contributed by atoms with van der Waals surface area (Å²) in [6.45, 7) is 4.77. The fourth-order valence-corrected chi connectivity index (χ4v) is 4.31. The van der Waals surface area contributed by atoms with Crippen molar-refractivity contribution in [2.75, 3.05) is 26.3 Å². The summed E-state index contributed by atoms with van der Waals surface area (Å²) in [6, 6.07) is 0. The van der Waals surface area contributed by atoms with E-state index in [0.29, 0.717) is 25.6 Å². The molecule has 0 bridgehead atoms. The summed E-state index contributed by atoms with van der Waals surface area (Å²) in [7, 11) is 0. The van der Waals surface area contributed by atoms with Crippen molar-refractivity contribution in [3.8, 4) is 0 Å². The Kier molecular flexibility index (Phi) is 3.71. The molecule has 2 atom stereocenters. The summed E-state index contributed by atoms with van der Waals surface area (Å²) < 4.78 is 11.8. The third-order valence-electron chi connectivity index (χ3n) is 4.88. The Morgan fingerprint density at radius 1 is 1.55 bits per heavy atom. The molecule has 2 saturated heterocycles. The molecule has 2 aliphatic heterocycles. The number of amides is 1. The second kappa shape index (κ2) is 5.58. The van der Waals surface area contributed by atoms with Crippen molar-refractivity contribution in [1.29, 1.82) is 0 Å². The zero-order valence-corrected chi connectivity index (χ0v) is 13.7. The van der Waals surface area contributed by atoms with Gasteiger partial charge in [0, 0.05) is 25.5 Å². The maximum Gasteiger partial charge on any atom is 0.266 e. The van der Waals surface area contributed by atoms with Gasteiger partial charge in [-0.15, -0.1) is 11.3 Å². The molecule has 1 saturated carbocycles. The van der Waals surface area contributed by atoms with Crippen LogP contribution in [0, 0.1) is 0 Å². The lowest BCUT2D eigenvalue weighted by molar-refractivity contribution is -0.145. The third-order valence-corrected chi connectivity index (χ3v) is 5.71. The second-order valence-corrected chi connectivity index (χ2v) is 7.52. The topological polar surface area (TPSA) is 51.7 Å². The quantitative estimate of drug-likeness (QED) is 0.858. The predicted octanol–water partition coefficient (Wildman–Crippen LogP) is 2.43. The van der Waals surface area contributed by atoms with Crippen LogP contribution >= 0.6 is 11.3 Å². The van der Waals surface area contributed by atoms with Crippen molar-refractivity contribution in [2.45, 2.75) is 50.2 Å². The van der Waals surface area contributed by atoms with Gasteiger partial charge < -0.3 is 14.4 Å². The van der Waals surface area contributed by atoms with Crippen molar-refractivity contribution in [2.24, 2.45) is 0 Å². The van der Waals surface area contributed by atoms with Gasteiger partial charge in [0.2, 0.25) is 0 Å². The Morgan fingerprint density at radius 3 is 3.09 bits per heavy atom. The number of thiazole rings is 1. The maximum atomic E-state index is 13.0. The van der Waals surface area contributed by atoms with E-state index in [-0.39, 0.29) is 17.6 Å². The normalized spacial score (nSPS) is 31.9. The molecule has 3 aliphatic rings. The summed E-state index contributed by atoms with van der Waals surface area (Å²) in [5.41, 5.74) is 2.54. The van der Waals surface area contributed by atoms with Gasteiger partial charge in [-0.05, 0) is 19.3 Å². The lowest BCUT2D eigenvalue weighted by atomic mass is 9.98. The Bertz CT molecular complexity index is 563. The van der Waals surface area contributed by atoms with E-state index in [0.717, 1.165) is 30.0 Å². The molecule has 0 aromatic carbocycles. The van der Waals surface area contributed by atoms with Gasteiger partial charge in [0.05, 0.1) is 30.5 Å². The molecule has 1 aliphatic carbocycles. The molecule has 0 N–H and O–H groups in total. The fourth-order valence-electron chi connectivity index (χ4n) is 3.47. The molecule has 1 spiro atoms. The second-order valence-electron chi connectivity index (χ2n) is 6.66. The van der Waals surface area contributed by atoms with E-state index in [1.54, 1.807) is 0 Å². The van der Waals surface area contributed by atoms with Crippen LogP contribution in [0.15, 0.2) is 5.51 Å². The predicted molar refractivity (Wildman–Crippen MR) is 83.3 cm³/mol. The highest BCUT2D eigenvalue weighted by Gasteiger charge is 2.45. The van der Waals surface area contributed by atoms with Gasteiger partial charge in [-0.1, -0.05) is 6.92 Å². The lowest BCUT2D eigenvalue weighted by Crippen LogP contribution is -2.57. The van der Waals surface area contributed by atoms with Gasteiger partial charge in [0.1, 0.15) is 10.5 Å². The Labute approximate surface area is 134 Å². The molecule has 120 valence electrons. The van der Waals surface area contributed by atoms with Gasteiger partial charge in [0.15, 0.2) is 0 Å². The molecule has 0 unspecified atom stereocenters. The van der Waals surface area contributed by atoms with Gasteiger partial charge >= 0.3 is 0 Å². The van der Waals surface area contributed by atoms with Crippen LogP contribution < -0.4 is 0 Å². The van der Waals surface area contributed by atoms with E-state index in [9.17, 15) is 4.79 Å². The average Bonchev–Trinajstić information content (AvgIpc) is 3.10. The number of hydrogen-bond donors (Lipinski definition) is 0. The summed E-state index contributed by atoms with van der Waals surface area (Å²) in [4.78, 5) is 20.3. The van der Waals surface area contributed by atoms with E-state index in [1.165, 1.54) is 24.2 Å². The van der Waals surface area contributed by atoms with Crippen LogP contribution in [0.25, 0.3) is 0 Å². The van der Waals surface area contributed by atoms with Crippen molar-refractivity contribution in [3.63, 3.8) is 0 Å². The first-order chi connectivity index (χ1) is 10.7. The third kappa shape index (κ3) is 2.57. The van der Waals surface area contributed by atoms with Crippen LogP contribution in [0.4, 0.5) is 0 Å². The highest BCUT2D eigenvalue weighted by atomic mass is 32.1. The Hall–Kier alpha value is -0.980. The SMILES string of the molecule is CC[C@@H]1CN(C(=O)c2scnc2C2CC2)C[C@]2(CCOC2)O1. The van der Waals surface area contributed by atoms with Crippen LogP contribution in [0.2, 0.25) is 0 Å². The zero-order valence-electron chi connectivity index (χ0n) is 12.9. The molecule has 3 heterocycles. The van der Waals surface area contributed by atoms with Crippen LogP contribution in [0.3, 0.4) is 0 Å². The molecular weight excluding hydrogens is 300 g/mol. The highest BCUT2D eigenvalue weighted by molar-refractivity contribution is 7.11. The van der Waals surface area contributed by atoms with Gasteiger partial charge in [-0.3, -0.25) is 4.79 Å². The summed E-state index contributed by atoms with van der Waals surface area (Å²) in [5, 5.41) is 0. The molecule has 0 radical (unpaired) electrons. The van der Waals surface area contributed by atoms with Crippen molar-refractivity contribution >= 4 is 17.2 Å². The first-order valence-corrected chi connectivity index (χ1v) is 9.07. The van der Waals surface area contributed by atoms with Crippen LogP contribution in [-0.4, -0.2) is 53.8 Å². The number of aromatic nitrogens is 1. The minimum Gasteiger partial charge on any atom is -0.378 e. The Morgan fingerprint density at radius 2 is 2.41 bits per heavy atom. The van der Waals surface area contributed by atoms with Crippen molar-refractivity contribution in [3.05, 3.63) is 16.1 Å². The van der Waals surface area contributed by atoms with Crippen molar-refractivity contribution < 1.29 is 14.3 Å². The molecule has 22 heavy (non-hydrogen) atoms. The van der Waals surface area contributed by atoms with Gasteiger partial charge in [-0.25, -0.2) is 4.98 Å². The number of rotatable bonds is 3. The summed E-state index contributed by atoms with van der Waals surface area (Å²) in [6.07, 6.45) is 4.25. The molecule has 6 heteroatoms. The van der Waals surface area contributed by atoms with E-state index in [2.05, 4.69) is 11.9 Å². The number of carbonyl (C=O) groups is 1. The monoisotopic (exact) mass is 322 g/mol. The largest absolute Gasteiger partial charge is 0.378 e. The number of nitrogens with zero attached hydrogens (tertiary/aromatic N) is 2. The van der Waals surface area contributed by atoms with Gasteiger partial charge in [-0.2, -0.15) is 0 Å². The minimum atomic E-state index is -0.293. The summed E-state index contributed by atoms with van der Waals surface area (Å²) >= 11 is 1.49. The number of carbonyl (C=O) groups excluding carboxylic acids is 1. The lowest BCUT2D eigenvalue weighted by Gasteiger charge is -2.43. The fraction of sp³-hybridized carbons (Fsp3) is 0.750. The number of morpholine rings is 1. The van der Waals surface area contributed by atoms with Crippen LogP contribution in [0.5, 0.6) is 0 Å². The Balaban J connectivity index is 1.57. The molecule has 1 aromatic rings. The van der Waals surface area contributed by atoms with Crippen LogP contribution in [-0.2, 0) is 9.47 Å². The highest BCUT2D eigenvalue weighted by Crippen LogP contribution is 2.42. The van der Waals surface area contributed by atoms with E-state index in [4.69, 9.17) is 9.47 Å².